The lowest BCUT2D eigenvalue weighted by molar-refractivity contribution is -0.143. The van der Waals surface area contributed by atoms with Gasteiger partial charge in [0.2, 0.25) is 11.8 Å². The van der Waals surface area contributed by atoms with Crippen LogP contribution in [0.1, 0.15) is 38.2 Å². The highest BCUT2D eigenvalue weighted by atomic mass is 16.5. The van der Waals surface area contributed by atoms with E-state index < -0.39 is 29.7 Å². The van der Waals surface area contributed by atoms with E-state index in [0.29, 0.717) is 24.5 Å². The van der Waals surface area contributed by atoms with Crippen molar-refractivity contribution in [2.75, 3.05) is 18.1 Å². The van der Waals surface area contributed by atoms with Crippen LogP contribution in [0.15, 0.2) is 54.6 Å². The van der Waals surface area contributed by atoms with E-state index in [9.17, 15) is 19.2 Å². The number of carboxylic acid groups (broad SMARTS) is 1. The Kier molecular flexibility index (Phi) is 8.18. The van der Waals surface area contributed by atoms with Crippen LogP contribution in [0.3, 0.4) is 0 Å². The summed E-state index contributed by atoms with van der Waals surface area (Å²) in [5.74, 6) is -1.79. The molecule has 0 saturated carbocycles. The predicted octanol–water partition coefficient (Wildman–Crippen LogP) is 3.04. The molecule has 1 fully saturated rings. The first-order valence-corrected chi connectivity index (χ1v) is 11.1. The van der Waals surface area contributed by atoms with E-state index in [1.807, 2.05) is 37.3 Å². The zero-order valence-electron chi connectivity index (χ0n) is 18.6. The molecule has 0 aromatic heterocycles. The second kappa shape index (κ2) is 11.3. The van der Waals surface area contributed by atoms with E-state index in [0.717, 1.165) is 16.9 Å². The van der Waals surface area contributed by atoms with E-state index in [1.165, 1.54) is 4.90 Å². The number of carboxylic acids is 1. The Morgan fingerprint density at radius 3 is 2.39 bits per heavy atom. The summed E-state index contributed by atoms with van der Waals surface area (Å²) in [5, 5.41) is 8.97. The number of amides is 3. The molecule has 2 aromatic carbocycles. The molecule has 0 aliphatic carbocycles. The summed E-state index contributed by atoms with van der Waals surface area (Å²) in [6.45, 7) is 2.78. The summed E-state index contributed by atoms with van der Waals surface area (Å²) < 4.78 is 5.55. The third kappa shape index (κ3) is 6.19. The Bertz CT molecular complexity index is 990. The normalized spacial score (nSPS) is 15.5. The van der Waals surface area contributed by atoms with Crippen molar-refractivity contribution in [1.29, 1.82) is 0 Å². The zero-order chi connectivity index (χ0) is 23.8. The molecule has 2 aromatic rings. The highest BCUT2D eigenvalue weighted by Crippen LogP contribution is 2.28. The first kappa shape index (κ1) is 24.0. The fourth-order valence-electron chi connectivity index (χ4n) is 3.75. The van der Waals surface area contributed by atoms with E-state index in [4.69, 9.17) is 9.84 Å². The van der Waals surface area contributed by atoms with Crippen molar-refractivity contribution >= 4 is 29.4 Å². The number of hydrogen-bond acceptors (Lipinski definition) is 5. The summed E-state index contributed by atoms with van der Waals surface area (Å²) >= 11 is 0. The number of imide groups is 1. The second-order valence-electron chi connectivity index (χ2n) is 7.85. The number of ether oxygens (including phenoxy) is 1. The number of rotatable bonds is 11. The van der Waals surface area contributed by atoms with Crippen molar-refractivity contribution in [3.05, 3.63) is 60.2 Å². The van der Waals surface area contributed by atoms with Crippen LogP contribution in [0.25, 0.3) is 0 Å². The molecule has 1 unspecified atom stereocenters. The van der Waals surface area contributed by atoms with Crippen LogP contribution in [0.2, 0.25) is 0 Å². The number of hydrogen-bond donors (Lipinski definition) is 1. The average molecular weight is 453 g/mol. The first-order chi connectivity index (χ1) is 15.9. The van der Waals surface area contributed by atoms with Gasteiger partial charge in [0.05, 0.1) is 25.1 Å². The van der Waals surface area contributed by atoms with Gasteiger partial charge < -0.3 is 14.7 Å². The molecule has 1 aliphatic heterocycles. The molecular weight excluding hydrogens is 424 g/mol. The van der Waals surface area contributed by atoms with Crippen LogP contribution in [-0.4, -0.2) is 52.9 Å². The topological polar surface area (TPSA) is 104 Å². The monoisotopic (exact) mass is 452 g/mol. The molecule has 33 heavy (non-hydrogen) atoms. The summed E-state index contributed by atoms with van der Waals surface area (Å²) in [6, 6.07) is 15.2. The van der Waals surface area contributed by atoms with E-state index >= 15 is 0 Å². The number of anilines is 1. The van der Waals surface area contributed by atoms with Gasteiger partial charge in [-0.2, -0.15) is 0 Å². The van der Waals surface area contributed by atoms with Crippen LogP contribution in [0.4, 0.5) is 5.69 Å². The van der Waals surface area contributed by atoms with Crippen molar-refractivity contribution in [3.63, 3.8) is 0 Å². The number of carbonyl (C=O) groups is 4. The van der Waals surface area contributed by atoms with Gasteiger partial charge in [-0.3, -0.25) is 19.2 Å². The van der Waals surface area contributed by atoms with Gasteiger partial charge >= 0.3 is 5.97 Å². The zero-order valence-corrected chi connectivity index (χ0v) is 18.6. The lowest BCUT2D eigenvalue weighted by Gasteiger charge is -2.27. The third-order valence-corrected chi connectivity index (χ3v) is 5.42. The molecule has 0 bridgehead atoms. The number of aliphatic carboxylic acids is 1. The molecule has 1 N–H and O–H groups in total. The smallest absolute Gasteiger partial charge is 0.303 e. The highest BCUT2D eigenvalue weighted by molar-refractivity contribution is 6.23. The fourth-order valence-corrected chi connectivity index (χ4v) is 3.75. The van der Waals surface area contributed by atoms with Crippen molar-refractivity contribution in [3.8, 4) is 5.75 Å². The van der Waals surface area contributed by atoms with E-state index in [2.05, 4.69) is 0 Å². The molecule has 3 rings (SSSR count). The second-order valence-corrected chi connectivity index (χ2v) is 7.85. The van der Waals surface area contributed by atoms with Gasteiger partial charge in [0, 0.05) is 13.0 Å². The molecule has 1 saturated heterocycles. The van der Waals surface area contributed by atoms with Crippen LogP contribution in [0, 0.1) is 0 Å². The number of nitrogens with zero attached hydrogens (tertiary/aromatic N) is 2. The quantitative estimate of drug-likeness (QED) is 0.526. The summed E-state index contributed by atoms with van der Waals surface area (Å²) in [6.07, 6.45) is 0.646. The van der Waals surface area contributed by atoms with Gasteiger partial charge in [0.1, 0.15) is 11.8 Å². The van der Waals surface area contributed by atoms with E-state index in [-0.39, 0.29) is 25.8 Å². The Morgan fingerprint density at radius 1 is 1.06 bits per heavy atom. The Balaban J connectivity index is 1.77. The Morgan fingerprint density at radius 2 is 1.76 bits per heavy atom. The van der Waals surface area contributed by atoms with Crippen molar-refractivity contribution in [2.24, 2.45) is 0 Å². The molecule has 1 aliphatic rings. The van der Waals surface area contributed by atoms with Crippen LogP contribution in [0.5, 0.6) is 5.75 Å². The molecule has 1 atom stereocenters. The van der Waals surface area contributed by atoms with Gasteiger partial charge in [0.25, 0.3) is 5.91 Å². The standard InChI is InChI=1S/C25H28N2O6/c1-2-16-33-20-10-8-19(9-11-20)27-23(29)17-21(25(27)32)26(22(28)12-13-24(30)31)15-14-18-6-4-3-5-7-18/h3-11,21H,2,12-17H2,1H3,(H,30,31). The summed E-state index contributed by atoms with van der Waals surface area (Å²) in [4.78, 5) is 52.3. The van der Waals surface area contributed by atoms with Crippen LogP contribution < -0.4 is 9.64 Å². The predicted molar refractivity (Wildman–Crippen MR) is 122 cm³/mol. The van der Waals surface area contributed by atoms with Gasteiger partial charge in [-0.1, -0.05) is 37.3 Å². The van der Waals surface area contributed by atoms with Crippen molar-refractivity contribution in [1.82, 2.24) is 4.90 Å². The Labute approximate surface area is 192 Å². The molecule has 3 amide bonds. The lowest BCUT2D eigenvalue weighted by Crippen LogP contribution is -2.46. The molecule has 1 heterocycles. The maximum absolute atomic E-state index is 13.2. The molecule has 0 spiro atoms. The summed E-state index contributed by atoms with van der Waals surface area (Å²) in [7, 11) is 0. The SMILES string of the molecule is CCCOc1ccc(N2C(=O)CC(N(CCc3ccccc3)C(=O)CCC(=O)O)C2=O)cc1. The van der Waals surface area contributed by atoms with Gasteiger partial charge in [-0.05, 0) is 42.7 Å². The molecule has 174 valence electrons. The minimum atomic E-state index is -1.09. The molecular formula is C25H28N2O6. The maximum atomic E-state index is 13.2. The largest absolute Gasteiger partial charge is 0.494 e. The molecule has 8 nitrogen and oxygen atoms in total. The molecule has 8 heteroatoms. The van der Waals surface area contributed by atoms with E-state index in [1.54, 1.807) is 24.3 Å². The minimum absolute atomic E-state index is 0.138. The number of benzene rings is 2. The third-order valence-electron chi connectivity index (χ3n) is 5.42. The summed E-state index contributed by atoms with van der Waals surface area (Å²) in [5.41, 5.74) is 1.39. The van der Waals surface area contributed by atoms with Crippen LogP contribution >= 0.6 is 0 Å². The Hall–Kier alpha value is -3.68. The highest BCUT2D eigenvalue weighted by Gasteiger charge is 2.44. The van der Waals surface area contributed by atoms with Crippen LogP contribution in [-0.2, 0) is 25.6 Å². The number of carbonyl (C=O) groups excluding carboxylic acids is 3. The molecule has 0 radical (unpaired) electrons. The van der Waals surface area contributed by atoms with Crippen molar-refractivity contribution in [2.45, 2.75) is 45.1 Å². The minimum Gasteiger partial charge on any atom is -0.494 e. The first-order valence-electron chi connectivity index (χ1n) is 11.1. The van der Waals surface area contributed by atoms with Gasteiger partial charge in [-0.15, -0.1) is 0 Å². The average Bonchev–Trinajstić information content (AvgIpc) is 3.11. The van der Waals surface area contributed by atoms with Crippen molar-refractivity contribution < 1.29 is 29.0 Å². The fraction of sp³-hybridized carbons (Fsp3) is 0.360. The van der Waals surface area contributed by atoms with Gasteiger partial charge in [-0.25, -0.2) is 4.90 Å². The van der Waals surface area contributed by atoms with Gasteiger partial charge in [0.15, 0.2) is 0 Å². The lowest BCUT2D eigenvalue weighted by atomic mass is 10.1. The maximum Gasteiger partial charge on any atom is 0.303 e.